The number of hydrogen-bond donors (Lipinski definition) is 1. The number of ether oxygens (including phenoxy) is 2. The monoisotopic (exact) mass is 522 g/mol. The second kappa shape index (κ2) is 17.1. The van der Waals surface area contributed by atoms with E-state index in [0.29, 0.717) is 12.3 Å². The third kappa shape index (κ3) is 11.0. The molecule has 7 heteroatoms. The van der Waals surface area contributed by atoms with E-state index in [4.69, 9.17) is 14.4 Å². The Hall–Kier alpha value is -3.44. The Labute approximate surface area is 221 Å². The van der Waals surface area contributed by atoms with Crippen LogP contribution in [0.15, 0.2) is 103 Å². The molecule has 0 radical (unpaired) electrons. The fraction of sp³-hybridized carbons (Fsp3) is 0.200. The molecule has 5 nitrogen and oxygen atoms in total. The van der Waals surface area contributed by atoms with Gasteiger partial charge < -0.3 is 9.47 Å². The maximum atomic E-state index is 13.6. The van der Waals surface area contributed by atoms with Gasteiger partial charge in [-0.1, -0.05) is 95.2 Å². The van der Waals surface area contributed by atoms with Crippen molar-refractivity contribution in [2.45, 2.75) is 20.4 Å². The minimum absolute atomic E-state index is 0.209. The minimum Gasteiger partial charge on any atom is -0.497 e. The molecule has 0 unspecified atom stereocenters. The number of rotatable bonds is 9. The molecule has 196 valence electrons. The molecule has 0 aliphatic heterocycles. The summed E-state index contributed by atoms with van der Waals surface area (Å²) in [5.41, 5.74) is 3.82. The molecule has 0 saturated carbocycles. The van der Waals surface area contributed by atoms with Gasteiger partial charge in [0.05, 0.1) is 20.8 Å². The highest BCUT2D eigenvalue weighted by atomic mass is 31.1. The van der Waals surface area contributed by atoms with Crippen molar-refractivity contribution < 1.29 is 18.8 Å². The first kappa shape index (κ1) is 29.8. The molecule has 4 aromatic rings. The van der Waals surface area contributed by atoms with Gasteiger partial charge in [-0.25, -0.2) is 9.87 Å². The van der Waals surface area contributed by atoms with Crippen LogP contribution in [0, 0.1) is 5.82 Å². The van der Waals surface area contributed by atoms with Crippen molar-refractivity contribution >= 4 is 24.9 Å². The molecule has 0 heterocycles. The van der Waals surface area contributed by atoms with Crippen LogP contribution >= 0.6 is 8.58 Å². The number of benzene rings is 4. The van der Waals surface area contributed by atoms with Gasteiger partial charge in [-0.3, -0.25) is 0 Å². The van der Waals surface area contributed by atoms with Crippen LogP contribution in [0.5, 0.6) is 11.5 Å². The van der Waals surface area contributed by atoms with Gasteiger partial charge >= 0.3 is 0 Å². The average molecular weight is 523 g/mol. The molecule has 1 N–H and O–H groups in total. The molecular weight excluding hydrogens is 486 g/mol. The van der Waals surface area contributed by atoms with Gasteiger partial charge in [-0.2, -0.15) is 10.0 Å². The molecule has 37 heavy (non-hydrogen) atoms. The molecule has 0 aromatic heterocycles. The summed E-state index contributed by atoms with van der Waals surface area (Å²) in [6.45, 7) is 4.53. The zero-order valence-corrected chi connectivity index (χ0v) is 23.1. The third-order valence-electron chi connectivity index (χ3n) is 4.89. The summed E-state index contributed by atoms with van der Waals surface area (Å²) in [4.78, 5) is 5.33. The van der Waals surface area contributed by atoms with E-state index < -0.39 is 5.82 Å². The van der Waals surface area contributed by atoms with Crippen LogP contribution in [0.2, 0.25) is 0 Å². The molecule has 0 bridgehead atoms. The molecule has 0 fully saturated rings. The number of nitrogens with one attached hydrogen (secondary N) is 1. The molecule has 0 aliphatic carbocycles. The first-order chi connectivity index (χ1) is 18.1. The van der Waals surface area contributed by atoms with Crippen molar-refractivity contribution in [3.63, 3.8) is 0 Å². The molecule has 4 aromatic carbocycles. The van der Waals surface area contributed by atoms with Crippen LogP contribution in [-0.4, -0.2) is 26.3 Å². The van der Waals surface area contributed by atoms with Gasteiger partial charge in [-0.05, 0) is 40.4 Å². The van der Waals surface area contributed by atoms with Crippen molar-refractivity contribution in [3.05, 3.63) is 115 Å². The number of hydroxylamine groups is 2. The number of nitrogens with zero attached hydrogens (tertiary/aromatic N) is 1. The van der Waals surface area contributed by atoms with Gasteiger partial charge in [0, 0.05) is 13.1 Å². The van der Waals surface area contributed by atoms with Gasteiger partial charge in [-0.15, -0.1) is 0 Å². The normalized spacial score (nSPS) is 9.92. The van der Waals surface area contributed by atoms with E-state index in [9.17, 15) is 4.39 Å². The molecule has 0 atom stereocenters. The molecule has 4 rings (SSSR count). The van der Waals surface area contributed by atoms with E-state index >= 15 is 0 Å². The fourth-order valence-corrected chi connectivity index (χ4v) is 4.12. The van der Waals surface area contributed by atoms with Crippen LogP contribution in [0.1, 0.15) is 19.4 Å². The van der Waals surface area contributed by atoms with Crippen LogP contribution in [-0.2, 0) is 11.5 Å². The van der Waals surface area contributed by atoms with Gasteiger partial charge in [0.15, 0.2) is 0 Å². The van der Waals surface area contributed by atoms with E-state index in [2.05, 4.69) is 66.1 Å². The molecule has 0 spiro atoms. The maximum Gasteiger partial charge on any atom is 0.148 e. The largest absolute Gasteiger partial charge is 0.497 e. The van der Waals surface area contributed by atoms with Gasteiger partial charge in [0.2, 0.25) is 0 Å². The Morgan fingerprint density at radius 2 is 1.24 bits per heavy atom. The van der Waals surface area contributed by atoms with Crippen molar-refractivity contribution in [1.82, 2.24) is 5.06 Å². The second-order valence-electron chi connectivity index (χ2n) is 7.53. The standard InChI is InChI=1S/C16H19FN2O3.C12H11P.C2H6/c1-19(11-12-4-6-13(20-2)7-5-12)22-18-16-10-14(21-3)8-9-15(16)17;1-3-7-11(8-4-1)13-12-9-5-2-6-10-12;1-2/h4-10,18H,11H2,1-3H3;1-10,13H;1-2H3. The molecular formula is C30H36FN2O3P. The first-order valence-corrected chi connectivity index (χ1v) is 13.0. The molecule has 0 aliphatic rings. The zero-order valence-electron chi connectivity index (χ0n) is 22.1. The third-order valence-corrected chi connectivity index (χ3v) is 6.13. The molecule has 0 saturated heterocycles. The lowest BCUT2D eigenvalue weighted by molar-refractivity contribution is -0.117. The summed E-state index contributed by atoms with van der Waals surface area (Å²) in [5.74, 6) is 0.924. The lowest BCUT2D eigenvalue weighted by Gasteiger charge is -2.17. The van der Waals surface area contributed by atoms with E-state index in [0.717, 1.165) is 19.9 Å². The van der Waals surface area contributed by atoms with Crippen LogP contribution in [0.4, 0.5) is 10.1 Å². The molecule has 0 amide bonds. The SMILES string of the molecule is CC.COc1ccc(CN(C)ONc2cc(OC)ccc2F)cc1.c1ccc(Pc2ccccc2)cc1. The van der Waals surface area contributed by atoms with Gasteiger partial charge in [0.25, 0.3) is 0 Å². The van der Waals surface area contributed by atoms with E-state index in [-0.39, 0.29) is 5.69 Å². The second-order valence-corrected chi connectivity index (χ2v) is 8.93. The Morgan fingerprint density at radius 3 is 1.76 bits per heavy atom. The summed E-state index contributed by atoms with van der Waals surface area (Å²) >= 11 is 0. The van der Waals surface area contributed by atoms with E-state index in [1.807, 2.05) is 38.1 Å². The number of methoxy groups -OCH3 is 2. The highest BCUT2D eigenvalue weighted by Gasteiger charge is 2.07. The van der Waals surface area contributed by atoms with Crippen LogP contribution < -0.4 is 25.6 Å². The quantitative estimate of drug-likeness (QED) is 0.199. The lowest BCUT2D eigenvalue weighted by atomic mass is 10.2. The summed E-state index contributed by atoms with van der Waals surface area (Å²) < 4.78 is 23.8. The highest BCUT2D eigenvalue weighted by Crippen LogP contribution is 2.21. The predicted molar refractivity (Wildman–Crippen MR) is 154 cm³/mol. The minimum atomic E-state index is -0.418. The Morgan fingerprint density at radius 1 is 0.730 bits per heavy atom. The van der Waals surface area contributed by atoms with E-state index in [1.54, 1.807) is 25.3 Å². The van der Waals surface area contributed by atoms with Crippen molar-refractivity contribution in [2.75, 3.05) is 26.7 Å². The number of hydrogen-bond acceptors (Lipinski definition) is 5. The topological polar surface area (TPSA) is 43.0 Å². The zero-order chi connectivity index (χ0) is 26.9. The fourth-order valence-electron chi connectivity index (χ4n) is 3.07. The lowest BCUT2D eigenvalue weighted by Crippen LogP contribution is -2.22. The van der Waals surface area contributed by atoms with Crippen LogP contribution in [0.3, 0.4) is 0 Å². The predicted octanol–water partition coefficient (Wildman–Crippen LogP) is 6.58. The first-order valence-electron chi connectivity index (χ1n) is 12.0. The summed E-state index contributed by atoms with van der Waals surface area (Å²) in [6.07, 6.45) is 0. The Balaban J connectivity index is 0.000000272. The van der Waals surface area contributed by atoms with Crippen molar-refractivity contribution in [3.8, 4) is 11.5 Å². The number of halogens is 1. The van der Waals surface area contributed by atoms with Crippen LogP contribution in [0.25, 0.3) is 0 Å². The van der Waals surface area contributed by atoms with Gasteiger partial charge in [0.1, 0.15) is 23.0 Å². The smallest absolute Gasteiger partial charge is 0.148 e. The summed E-state index contributed by atoms with van der Waals surface area (Å²) in [5, 5.41) is 4.35. The number of anilines is 1. The summed E-state index contributed by atoms with van der Waals surface area (Å²) in [6, 6.07) is 33.2. The Bertz CT molecular complexity index is 1110. The average Bonchev–Trinajstić information content (AvgIpc) is 2.95. The highest BCUT2D eigenvalue weighted by molar-refractivity contribution is 7.55. The summed E-state index contributed by atoms with van der Waals surface area (Å²) in [7, 11) is 5.67. The maximum absolute atomic E-state index is 13.6. The van der Waals surface area contributed by atoms with Crippen molar-refractivity contribution in [1.29, 1.82) is 0 Å². The van der Waals surface area contributed by atoms with E-state index in [1.165, 1.54) is 29.9 Å². The van der Waals surface area contributed by atoms with Crippen molar-refractivity contribution in [2.24, 2.45) is 0 Å². The Kier molecular flexibility index (Phi) is 13.8.